The van der Waals surface area contributed by atoms with Crippen LogP contribution in [-0.2, 0) is 26.3 Å². The molecule has 12 heteroatoms. The van der Waals surface area contributed by atoms with Crippen LogP contribution < -0.4 is 10.5 Å². The minimum Gasteiger partial charge on any atom is -0.482 e. The number of amidine groups is 1. The van der Waals surface area contributed by atoms with Crippen molar-refractivity contribution in [2.75, 3.05) is 13.2 Å². The number of oxime groups is 1. The van der Waals surface area contributed by atoms with Gasteiger partial charge in [-0.1, -0.05) is 35.8 Å². The Morgan fingerprint density at radius 3 is 2.71 bits per heavy atom. The molecule has 0 bridgehead atoms. The summed E-state index contributed by atoms with van der Waals surface area (Å²) in [5.74, 6) is -0.502. The van der Waals surface area contributed by atoms with E-state index in [0.717, 1.165) is 6.42 Å². The predicted molar refractivity (Wildman–Crippen MR) is 123 cm³/mol. The number of carbonyl (C=O) groups excluding carboxylic acids is 1. The normalized spacial score (nSPS) is 17.6. The molecule has 4 rings (SSSR count). The molecule has 1 atom stereocenters. The van der Waals surface area contributed by atoms with E-state index in [1.807, 2.05) is 0 Å². The quantitative estimate of drug-likeness (QED) is 0.186. The fourth-order valence-corrected chi connectivity index (χ4v) is 5.27. The number of aliphatic hydroxyl groups excluding tert-OH is 1. The number of hydrogen-bond acceptors (Lipinski definition) is 8. The molecule has 1 aromatic heterocycles. The number of carbonyl (C=O) groups is 1. The first-order chi connectivity index (χ1) is 16.4. The number of imidazole rings is 1. The second-order valence-electron chi connectivity index (χ2n) is 7.76. The molecule has 4 N–H and O–H groups in total. The molecule has 11 nitrogen and oxygen atoms in total. The molecule has 0 spiro atoms. The largest absolute Gasteiger partial charge is 0.482 e. The lowest BCUT2D eigenvalue weighted by Gasteiger charge is -2.32. The monoisotopic (exact) mass is 487 g/mol. The summed E-state index contributed by atoms with van der Waals surface area (Å²) in [6, 6.07) is 12.8. The summed E-state index contributed by atoms with van der Waals surface area (Å²) < 4.78 is 33.1. The van der Waals surface area contributed by atoms with Gasteiger partial charge in [0.05, 0.1) is 23.7 Å². The lowest BCUT2D eigenvalue weighted by molar-refractivity contribution is -0.146. The van der Waals surface area contributed by atoms with Crippen LogP contribution in [0, 0.1) is 0 Å². The number of piperidine rings is 1. The Morgan fingerprint density at radius 2 is 1.97 bits per heavy atom. The van der Waals surface area contributed by atoms with E-state index in [9.17, 15) is 13.2 Å². The summed E-state index contributed by atoms with van der Waals surface area (Å²) >= 11 is 0. The third-order valence-electron chi connectivity index (χ3n) is 5.43. The number of hydrogen-bond donors (Lipinski definition) is 3. The Labute approximate surface area is 196 Å². The van der Waals surface area contributed by atoms with Gasteiger partial charge in [-0.05, 0) is 42.7 Å². The average Bonchev–Trinajstić information content (AvgIpc) is 3.32. The van der Waals surface area contributed by atoms with Crippen LogP contribution in [0.25, 0.3) is 11.0 Å². The van der Waals surface area contributed by atoms with Crippen LogP contribution >= 0.6 is 0 Å². The first-order valence-electron chi connectivity index (χ1n) is 10.7. The fourth-order valence-electron chi connectivity index (χ4n) is 3.68. The van der Waals surface area contributed by atoms with Crippen LogP contribution in [0.5, 0.6) is 5.75 Å². The Balaban J connectivity index is 1.42. The highest BCUT2D eigenvalue weighted by Crippen LogP contribution is 2.25. The SMILES string of the molecule is NC(=NOC(=O)COc1ccc(CO)cc1)C1CCCCN1S(=O)(=O)c1nc2ccccc2[nH]1. The molecule has 0 aliphatic carbocycles. The standard InChI is InChI=1S/C22H25N5O6S/c23-21(26-33-20(29)14-32-16-10-8-15(13-28)9-11-16)19-7-3-4-12-27(19)34(30,31)22-24-17-5-1-2-6-18(17)25-22/h1-2,5-6,8-11,19,28H,3-4,7,12-14H2,(H2,23,26)(H,24,25). The summed E-state index contributed by atoms with van der Waals surface area (Å²) in [6.45, 7) is -0.275. The van der Waals surface area contributed by atoms with Gasteiger partial charge in [0.15, 0.2) is 12.4 Å². The fraction of sp³-hybridized carbons (Fsp3) is 0.318. The van der Waals surface area contributed by atoms with E-state index in [0.29, 0.717) is 35.2 Å². The molecule has 2 aromatic carbocycles. The van der Waals surface area contributed by atoms with E-state index in [1.54, 1.807) is 48.5 Å². The Morgan fingerprint density at radius 1 is 1.21 bits per heavy atom. The minimum absolute atomic E-state index is 0.0967. The molecule has 1 saturated heterocycles. The van der Waals surface area contributed by atoms with Gasteiger partial charge in [0.1, 0.15) is 5.75 Å². The maximum atomic E-state index is 13.3. The number of ether oxygens (including phenoxy) is 1. The number of fused-ring (bicyclic) bond motifs is 1. The number of sulfonamides is 1. The van der Waals surface area contributed by atoms with Crippen LogP contribution in [0.3, 0.4) is 0 Å². The summed E-state index contributed by atoms with van der Waals surface area (Å²) in [5, 5.41) is 12.6. The van der Waals surface area contributed by atoms with Gasteiger partial charge in [-0.15, -0.1) is 0 Å². The predicted octanol–water partition coefficient (Wildman–Crippen LogP) is 1.49. The summed E-state index contributed by atoms with van der Waals surface area (Å²) in [6.07, 6.45) is 1.83. The van der Waals surface area contributed by atoms with E-state index in [-0.39, 0.29) is 24.1 Å². The number of rotatable bonds is 8. The van der Waals surface area contributed by atoms with Gasteiger partial charge in [-0.25, -0.2) is 18.2 Å². The summed E-state index contributed by atoms with van der Waals surface area (Å²) in [7, 11) is -3.99. The number of nitrogens with one attached hydrogen (secondary N) is 1. The van der Waals surface area contributed by atoms with E-state index in [1.165, 1.54) is 4.31 Å². The van der Waals surface area contributed by atoms with Gasteiger partial charge in [-0.2, -0.15) is 4.31 Å². The van der Waals surface area contributed by atoms with Gasteiger partial charge in [0, 0.05) is 6.54 Å². The Kier molecular flexibility index (Phi) is 7.10. The zero-order chi connectivity index (χ0) is 24.1. The molecule has 0 saturated carbocycles. The molecule has 3 aromatic rings. The van der Waals surface area contributed by atoms with Crippen molar-refractivity contribution in [2.45, 2.75) is 37.1 Å². The summed E-state index contributed by atoms with van der Waals surface area (Å²) in [4.78, 5) is 23.9. The number of benzene rings is 2. The maximum absolute atomic E-state index is 13.3. The van der Waals surface area contributed by atoms with Crippen LogP contribution in [0.1, 0.15) is 24.8 Å². The molecule has 1 aliphatic rings. The highest BCUT2D eigenvalue weighted by Gasteiger charge is 2.38. The highest BCUT2D eigenvalue weighted by atomic mass is 32.2. The van der Waals surface area contributed by atoms with Crippen molar-refractivity contribution in [1.29, 1.82) is 0 Å². The average molecular weight is 488 g/mol. The van der Waals surface area contributed by atoms with Crippen molar-refractivity contribution in [3.8, 4) is 5.75 Å². The number of nitrogens with zero attached hydrogens (tertiary/aromatic N) is 3. The van der Waals surface area contributed by atoms with Gasteiger partial charge in [0.25, 0.3) is 10.0 Å². The number of nitrogens with two attached hydrogens (primary N) is 1. The van der Waals surface area contributed by atoms with E-state index < -0.39 is 28.6 Å². The second kappa shape index (κ2) is 10.2. The lowest BCUT2D eigenvalue weighted by Crippen LogP contribution is -2.50. The van der Waals surface area contributed by atoms with Crippen LogP contribution in [0.2, 0.25) is 0 Å². The second-order valence-corrected chi connectivity index (χ2v) is 9.56. The van der Waals surface area contributed by atoms with Crippen molar-refractivity contribution in [1.82, 2.24) is 14.3 Å². The molecule has 1 aliphatic heterocycles. The smallest absolute Gasteiger partial charge is 0.372 e. The van der Waals surface area contributed by atoms with Crippen molar-refractivity contribution < 1.29 is 27.9 Å². The number of aromatic amines is 1. The third-order valence-corrected chi connectivity index (χ3v) is 7.17. The molecule has 1 unspecified atom stereocenters. The number of aliphatic hydroxyl groups is 1. The van der Waals surface area contributed by atoms with E-state index in [2.05, 4.69) is 15.1 Å². The molecular weight excluding hydrogens is 462 g/mol. The molecule has 1 fully saturated rings. The molecule has 0 amide bonds. The van der Waals surface area contributed by atoms with E-state index in [4.69, 9.17) is 20.4 Å². The van der Waals surface area contributed by atoms with Gasteiger partial charge < -0.3 is 25.4 Å². The highest BCUT2D eigenvalue weighted by molar-refractivity contribution is 7.89. The first kappa shape index (κ1) is 23.7. The topological polar surface area (TPSA) is 160 Å². The molecule has 0 radical (unpaired) electrons. The van der Waals surface area contributed by atoms with Crippen LogP contribution in [-0.4, -0.2) is 58.8 Å². The molecular formula is C22H25N5O6S. The maximum Gasteiger partial charge on any atom is 0.372 e. The molecule has 180 valence electrons. The lowest BCUT2D eigenvalue weighted by atomic mass is 10.0. The van der Waals surface area contributed by atoms with Crippen molar-refractivity contribution >= 4 is 32.9 Å². The number of para-hydroxylation sites is 2. The van der Waals surface area contributed by atoms with E-state index >= 15 is 0 Å². The minimum atomic E-state index is -3.99. The third kappa shape index (κ3) is 5.19. The summed E-state index contributed by atoms with van der Waals surface area (Å²) in [5.41, 5.74) is 7.90. The van der Waals surface area contributed by atoms with Gasteiger partial charge in [-0.3, -0.25) is 0 Å². The zero-order valence-electron chi connectivity index (χ0n) is 18.3. The van der Waals surface area contributed by atoms with Crippen molar-refractivity contribution in [3.63, 3.8) is 0 Å². The van der Waals surface area contributed by atoms with Crippen LogP contribution in [0.4, 0.5) is 0 Å². The Hall–Kier alpha value is -3.48. The zero-order valence-corrected chi connectivity index (χ0v) is 19.1. The number of aromatic nitrogens is 2. The first-order valence-corrected chi connectivity index (χ1v) is 12.1. The van der Waals surface area contributed by atoms with Gasteiger partial charge in [0.2, 0.25) is 5.16 Å². The van der Waals surface area contributed by atoms with Crippen molar-refractivity contribution in [3.05, 3.63) is 54.1 Å². The Bertz CT molecular complexity index is 1260. The van der Waals surface area contributed by atoms with Gasteiger partial charge >= 0.3 is 5.97 Å². The molecule has 34 heavy (non-hydrogen) atoms. The van der Waals surface area contributed by atoms with Crippen LogP contribution in [0.15, 0.2) is 58.8 Å². The van der Waals surface area contributed by atoms with Crippen molar-refractivity contribution in [2.24, 2.45) is 10.9 Å². The number of H-pyrrole nitrogens is 1. The molecule has 2 heterocycles.